The summed E-state index contributed by atoms with van der Waals surface area (Å²) < 4.78 is 18.0. The number of ether oxygens (including phenoxy) is 1. The van der Waals surface area contributed by atoms with Crippen LogP contribution in [0.5, 0.6) is 5.75 Å². The van der Waals surface area contributed by atoms with Crippen molar-refractivity contribution in [1.29, 1.82) is 0 Å². The first-order chi connectivity index (χ1) is 12.6. The number of hydrogen-bond donors (Lipinski definition) is 3. The first kappa shape index (κ1) is 19.2. The van der Waals surface area contributed by atoms with Gasteiger partial charge in [-0.3, -0.25) is 9.79 Å². The third kappa shape index (κ3) is 6.43. The molecule has 0 bridgehead atoms. The van der Waals surface area contributed by atoms with Gasteiger partial charge >= 0.3 is 0 Å². The first-order valence-electron chi connectivity index (χ1n) is 8.23. The van der Waals surface area contributed by atoms with Crippen molar-refractivity contribution in [2.45, 2.75) is 6.42 Å². The van der Waals surface area contributed by atoms with Gasteiger partial charge in [0.05, 0.1) is 13.7 Å². The van der Waals surface area contributed by atoms with Gasteiger partial charge in [-0.15, -0.1) is 0 Å². The molecule has 0 fully saturated rings. The summed E-state index contributed by atoms with van der Waals surface area (Å²) >= 11 is 0. The average Bonchev–Trinajstić information content (AvgIpc) is 2.67. The predicted octanol–water partition coefficient (Wildman–Crippen LogP) is 2.18. The molecule has 0 atom stereocenters. The van der Waals surface area contributed by atoms with Gasteiger partial charge in [-0.25, -0.2) is 4.39 Å². The van der Waals surface area contributed by atoms with Crippen molar-refractivity contribution < 1.29 is 13.9 Å². The third-order valence-electron chi connectivity index (χ3n) is 3.63. The van der Waals surface area contributed by atoms with Crippen LogP contribution in [-0.2, 0) is 11.2 Å². The maximum atomic E-state index is 12.8. The number of rotatable bonds is 7. The molecular formula is C19H23FN4O2. The minimum absolute atomic E-state index is 0.0551. The zero-order valence-corrected chi connectivity index (χ0v) is 14.9. The van der Waals surface area contributed by atoms with Gasteiger partial charge in [-0.1, -0.05) is 12.1 Å². The van der Waals surface area contributed by atoms with E-state index in [1.807, 2.05) is 24.3 Å². The van der Waals surface area contributed by atoms with Crippen LogP contribution in [0.15, 0.2) is 53.5 Å². The Morgan fingerprint density at radius 3 is 2.38 bits per heavy atom. The second-order valence-electron chi connectivity index (χ2n) is 5.51. The highest BCUT2D eigenvalue weighted by molar-refractivity contribution is 5.94. The van der Waals surface area contributed by atoms with Gasteiger partial charge in [-0.2, -0.15) is 0 Å². The Labute approximate surface area is 152 Å². The van der Waals surface area contributed by atoms with Gasteiger partial charge in [0.2, 0.25) is 5.91 Å². The molecule has 0 spiro atoms. The normalized spacial score (nSPS) is 11.0. The molecule has 138 valence electrons. The number of benzene rings is 2. The van der Waals surface area contributed by atoms with Crippen molar-refractivity contribution in [2.75, 3.05) is 32.6 Å². The Hall–Kier alpha value is -3.09. The molecule has 2 aromatic carbocycles. The Morgan fingerprint density at radius 2 is 1.77 bits per heavy atom. The molecule has 0 aliphatic carbocycles. The van der Waals surface area contributed by atoms with Crippen LogP contribution >= 0.6 is 0 Å². The van der Waals surface area contributed by atoms with Gasteiger partial charge in [0, 0.05) is 19.3 Å². The predicted molar refractivity (Wildman–Crippen MR) is 101 cm³/mol. The van der Waals surface area contributed by atoms with E-state index in [0.717, 1.165) is 12.2 Å². The van der Waals surface area contributed by atoms with Gasteiger partial charge in [0.25, 0.3) is 0 Å². The van der Waals surface area contributed by atoms with Gasteiger partial charge in [0.1, 0.15) is 11.6 Å². The second kappa shape index (κ2) is 10.0. The largest absolute Gasteiger partial charge is 0.497 e. The molecule has 1 amide bonds. The molecule has 0 saturated carbocycles. The van der Waals surface area contributed by atoms with Crippen molar-refractivity contribution in [1.82, 2.24) is 10.6 Å². The molecule has 0 saturated heterocycles. The molecule has 0 radical (unpaired) electrons. The average molecular weight is 358 g/mol. The monoisotopic (exact) mass is 358 g/mol. The van der Waals surface area contributed by atoms with E-state index in [0.29, 0.717) is 18.2 Å². The molecule has 0 heterocycles. The molecule has 7 heteroatoms. The molecule has 6 nitrogen and oxygen atoms in total. The fraction of sp³-hybridized carbons (Fsp3) is 0.263. The molecule has 0 aromatic heterocycles. The highest BCUT2D eigenvalue weighted by atomic mass is 19.1. The fourth-order valence-corrected chi connectivity index (χ4v) is 2.24. The molecule has 26 heavy (non-hydrogen) atoms. The lowest BCUT2D eigenvalue weighted by Crippen LogP contribution is -2.42. The minimum Gasteiger partial charge on any atom is -0.497 e. The number of anilines is 1. The number of carbonyl (C=O) groups excluding carboxylic acids is 1. The van der Waals surface area contributed by atoms with E-state index in [1.54, 1.807) is 14.2 Å². The highest BCUT2D eigenvalue weighted by Gasteiger charge is 2.04. The van der Waals surface area contributed by atoms with E-state index >= 15 is 0 Å². The smallest absolute Gasteiger partial charge is 0.243 e. The number of methoxy groups -OCH3 is 1. The number of hydrogen-bond acceptors (Lipinski definition) is 3. The zero-order valence-electron chi connectivity index (χ0n) is 14.9. The molecule has 0 unspecified atom stereocenters. The number of halogens is 1. The van der Waals surface area contributed by atoms with Crippen molar-refractivity contribution in [2.24, 2.45) is 4.99 Å². The summed E-state index contributed by atoms with van der Waals surface area (Å²) in [5, 5.41) is 8.77. The SMILES string of the molecule is CN=C(NCCc1ccc(OC)cc1)NCC(=O)Nc1ccc(F)cc1. The van der Waals surface area contributed by atoms with E-state index in [1.165, 1.54) is 29.8 Å². The first-order valence-corrected chi connectivity index (χ1v) is 8.23. The lowest BCUT2D eigenvalue weighted by molar-refractivity contribution is -0.115. The standard InChI is InChI=1S/C19H23FN4O2/c1-21-19(22-12-11-14-3-9-17(26-2)10-4-14)23-13-18(25)24-16-7-5-15(20)6-8-16/h3-10H,11-13H2,1-2H3,(H,24,25)(H2,21,22,23). The van der Waals surface area contributed by atoms with Crippen molar-refractivity contribution in [3.8, 4) is 5.75 Å². The molecule has 0 aliphatic rings. The quantitative estimate of drug-likeness (QED) is 0.524. The molecule has 2 rings (SSSR count). The number of carbonyl (C=O) groups is 1. The maximum Gasteiger partial charge on any atom is 0.243 e. The Balaban J connectivity index is 1.71. The maximum absolute atomic E-state index is 12.8. The molecule has 2 aromatic rings. The van der Waals surface area contributed by atoms with Crippen molar-refractivity contribution in [3.05, 3.63) is 59.9 Å². The van der Waals surface area contributed by atoms with Crippen molar-refractivity contribution in [3.63, 3.8) is 0 Å². The Morgan fingerprint density at radius 1 is 1.08 bits per heavy atom. The lowest BCUT2D eigenvalue weighted by atomic mass is 10.1. The molecule has 3 N–H and O–H groups in total. The third-order valence-corrected chi connectivity index (χ3v) is 3.63. The van der Waals surface area contributed by atoms with E-state index in [-0.39, 0.29) is 18.3 Å². The summed E-state index contributed by atoms with van der Waals surface area (Å²) in [5.41, 5.74) is 1.71. The van der Waals surface area contributed by atoms with Crippen LogP contribution in [0.1, 0.15) is 5.56 Å². The second-order valence-corrected chi connectivity index (χ2v) is 5.51. The summed E-state index contributed by atoms with van der Waals surface area (Å²) in [4.78, 5) is 16.0. The summed E-state index contributed by atoms with van der Waals surface area (Å²) in [5.74, 6) is 0.774. The van der Waals surface area contributed by atoms with Crippen LogP contribution in [-0.4, -0.2) is 39.1 Å². The van der Waals surface area contributed by atoms with Gasteiger partial charge in [-0.05, 0) is 48.4 Å². The number of nitrogens with one attached hydrogen (secondary N) is 3. The topological polar surface area (TPSA) is 74.8 Å². The van der Waals surface area contributed by atoms with Crippen LogP contribution in [0.3, 0.4) is 0 Å². The van der Waals surface area contributed by atoms with Crippen molar-refractivity contribution >= 4 is 17.6 Å². The Kier molecular flexibility index (Phi) is 7.42. The Bertz CT molecular complexity index is 730. The number of nitrogens with zero attached hydrogens (tertiary/aromatic N) is 1. The zero-order chi connectivity index (χ0) is 18.8. The van der Waals surface area contributed by atoms with Crippen LogP contribution in [0.2, 0.25) is 0 Å². The van der Waals surface area contributed by atoms with Crippen LogP contribution in [0.4, 0.5) is 10.1 Å². The number of amides is 1. The number of guanidine groups is 1. The highest BCUT2D eigenvalue weighted by Crippen LogP contribution is 2.11. The minimum atomic E-state index is -0.345. The lowest BCUT2D eigenvalue weighted by Gasteiger charge is -2.12. The van der Waals surface area contributed by atoms with Gasteiger partial charge in [0.15, 0.2) is 5.96 Å². The van der Waals surface area contributed by atoms with E-state index in [9.17, 15) is 9.18 Å². The summed E-state index contributed by atoms with van der Waals surface area (Å²) in [7, 11) is 3.28. The molecular weight excluding hydrogens is 335 g/mol. The van der Waals surface area contributed by atoms with Crippen LogP contribution < -0.4 is 20.7 Å². The van der Waals surface area contributed by atoms with Gasteiger partial charge < -0.3 is 20.7 Å². The van der Waals surface area contributed by atoms with Crippen LogP contribution in [0, 0.1) is 5.82 Å². The summed E-state index contributed by atoms with van der Waals surface area (Å²) in [6.07, 6.45) is 0.812. The van der Waals surface area contributed by atoms with E-state index < -0.39 is 0 Å². The number of aliphatic imine (C=N–C) groups is 1. The van der Waals surface area contributed by atoms with E-state index in [2.05, 4.69) is 20.9 Å². The molecule has 0 aliphatic heterocycles. The summed E-state index contributed by atoms with van der Waals surface area (Å²) in [6, 6.07) is 13.5. The summed E-state index contributed by atoms with van der Waals surface area (Å²) in [6.45, 7) is 0.727. The fourth-order valence-electron chi connectivity index (χ4n) is 2.24. The van der Waals surface area contributed by atoms with Crippen LogP contribution in [0.25, 0.3) is 0 Å². The van der Waals surface area contributed by atoms with E-state index in [4.69, 9.17) is 4.74 Å².